The fourth-order valence-electron chi connectivity index (χ4n) is 3.66. The minimum absolute atomic E-state index is 0.0117. The maximum absolute atomic E-state index is 13.2. The van der Waals surface area contributed by atoms with Gasteiger partial charge in [-0.1, -0.05) is 42.5 Å². The van der Waals surface area contributed by atoms with Crippen LogP contribution in [0.25, 0.3) is 0 Å². The Morgan fingerprint density at radius 2 is 1.65 bits per heavy atom. The Balaban J connectivity index is 1.53. The number of benzene rings is 2. The van der Waals surface area contributed by atoms with E-state index in [2.05, 4.69) is 16.3 Å². The Hall–Kier alpha value is -2.42. The molecule has 1 aliphatic rings. The minimum Gasteiger partial charge on any atom is -0.379 e. The number of halogens is 3. The van der Waals surface area contributed by atoms with E-state index in [1.54, 1.807) is 18.0 Å². The second-order valence-electron chi connectivity index (χ2n) is 7.76. The molecule has 1 saturated heterocycles. The van der Waals surface area contributed by atoms with Gasteiger partial charge in [0.2, 0.25) is 5.91 Å². The van der Waals surface area contributed by atoms with Gasteiger partial charge in [0.1, 0.15) is 0 Å². The summed E-state index contributed by atoms with van der Waals surface area (Å²) < 4.78 is 44.9. The summed E-state index contributed by atoms with van der Waals surface area (Å²) in [6.07, 6.45) is -4.41. The standard InChI is InChI=1S/C23H28F3N3O2/c1-28(15-20-8-4-5-9-21(20)23(24,25)26)17-22(30)27-14-18-6-2-3-7-19(18)16-29-10-12-31-13-11-29/h2-9H,10-17H2,1H3,(H,27,30). The highest BCUT2D eigenvalue weighted by atomic mass is 19.4. The number of alkyl halides is 3. The number of nitrogens with one attached hydrogen (secondary N) is 1. The fraction of sp³-hybridized carbons (Fsp3) is 0.435. The number of hydrogen-bond donors (Lipinski definition) is 1. The number of nitrogens with zero attached hydrogens (tertiary/aromatic N) is 2. The number of carbonyl (C=O) groups excluding carboxylic acids is 1. The smallest absolute Gasteiger partial charge is 0.379 e. The van der Waals surface area contributed by atoms with Crippen molar-refractivity contribution in [2.45, 2.75) is 25.8 Å². The fourth-order valence-corrected chi connectivity index (χ4v) is 3.66. The van der Waals surface area contributed by atoms with Gasteiger partial charge < -0.3 is 10.1 Å². The van der Waals surface area contributed by atoms with E-state index in [0.29, 0.717) is 6.54 Å². The maximum Gasteiger partial charge on any atom is 0.416 e. The molecule has 31 heavy (non-hydrogen) atoms. The molecule has 1 N–H and O–H groups in total. The number of morpholine rings is 1. The van der Waals surface area contributed by atoms with Gasteiger partial charge in [-0.25, -0.2) is 0 Å². The van der Waals surface area contributed by atoms with Crippen LogP contribution >= 0.6 is 0 Å². The molecule has 2 aromatic rings. The second-order valence-corrected chi connectivity index (χ2v) is 7.76. The summed E-state index contributed by atoms with van der Waals surface area (Å²) >= 11 is 0. The molecule has 2 aromatic carbocycles. The molecule has 5 nitrogen and oxygen atoms in total. The van der Waals surface area contributed by atoms with Gasteiger partial charge in [-0.05, 0) is 29.8 Å². The van der Waals surface area contributed by atoms with Gasteiger partial charge in [0.05, 0.1) is 25.3 Å². The average Bonchev–Trinajstić information content (AvgIpc) is 2.73. The first-order chi connectivity index (χ1) is 14.8. The van der Waals surface area contributed by atoms with Crippen LogP contribution in [0.5, 0.6) is 0 Å². The number of likely N-dealkylation sites (N-methyl/N-ethyl adjacent to an activating group) is 1. The van der Waals surface area contributed by atoms with Crippen LogP contribution in [-0.4, -0.2) is 55.6 Å². The molecular weight excluding hydrogens is 407 g/mol. The molecule has 0 unspecified atom stereocenters. The molecule has 0 radical (unpaired) electrons. The van der Waals surface area contributed by atoms with Crippen LogP contribution in [0.15, 0.2) is 48.5 Å². The summed E-state index contributed by atoms with van der Waals surface area (Å²) in [5.41, 5.74) is 1.67. The quantitative estimate of drug-likeness (QED) is 0.691. The molecule has 0 bridgehead atoms. The molecule has 0 spiro atoms. The van der Waals surface area contributed by atoms with Crippen LogP contribution in [0.3, 0.4) is 0 Å². The first-order valence-electron chi connectivity index (χ1n) is 10.3. The lowest BCUT2D eigenvalue weighted by molar-refractivity contribution is -0.138. The number of amides is 1. The van der Waals surface area contributed by atoms with Gasteiger partial charge in [0.15, 0.2) is 0 Å². The maximum atomic E-state index is 13.2. The molecule has 8 heteroatoms. The molecule has 168 valence electrons. The zero-order valence-electron chi connectivity index (χ0n) is 17.6. The van der Waals surface area contributed by atoms with Gasteiger partial charge in [-0.2, -0.15) is 13.2 Å². The van der Waals surface area contributed by atoms with E-state index in [1.807, 2.05) is 18.2 Å². The van der Waals surface area contributed by atoms with Crippen LogP contribution in [-0.2, 0) is 35.3 Å². The third-order valence-corrected chi connectivity index (χ3v) is 5.27. The van der Waals surface area contributed by atoms with Crippen LogP contribution in [0.4, 0.5) is 13.2 Å². The Morgan fingerprint density at radius 3 is 2.32 bits per heavy atom. The van der Waals surface area contributed by atoms with Crippen molar-refractivity contribution in [1.29, 1.82) is 0 Å². The van der Waals surface area contributed by atoms with E-state index in [0.717, 1.165) is 50.0 Å². The summed E-state index contributed by atoms with van der Waals surface area (Å²) in [6, 6.07) is 13.4. The third kappa shape index (κ3) is 7.05. The highest BCUT2D eigenvalue weighted by Gasteiger charge is 2.33. The van der Waals surface area contributed by atoms with Crippen molar-refractivity contribution < 1.29 is 22.7 Å². The summed E-state index contributed by atoms with van der Waals surface area (Å²) in [6.45, 7) is 4.44. The zero-order chi connectivity index (χ0) is 22.3. The largest absolute Gasteiger partial charge is 0.416 e. The van der Waals surface area contributed by atoms with E-state index in [4.69, 9.17) is 4.74 Å². The van der Waals surface area contributed by atoms with Crippen LogP contribution < -0.4 is 5.32 Å². The zero-order valence-corrected chi connectivity index (χ0v) is 17.6. The monoisotopic (exact) mass is 435 g/mol. The van der Waals surface area contributed by atoms with Crippen molar-refractivity contribution in [2.75, 3.05) is 39.9 Å². The highest BCUT2D eigenvalue weighted by molar-refractivity contribution is 5.78. The molecule has 1 amide bonds. The topological polar surface area (TPSA) is 44.8 Å². The molecule has 1 fully saturated rings. The van der Waals surface area contributed by atoms with Crippen molar-refractivity contribution in [1.82, 2.24) is 15.1 Å². The predicted molar refractivity (Wildman–Crippen MR) is 112 cm³/mol. The second kappa shape index (κ2) is 10.7. The van der Waals surface area contributed by atoms with Crippen molar-refractivity contribution in [3.63, 3.8) is 0 Å². The van der Waals surface area contributed by atoms with Crippen LogP contribution in [0.2, 0.25) is 0 Å². The Labute approximate surface area is 180 Å². The summed E-state index contributed by atoms with van der Waals surface area (Å²) in [7, 11) is 1.64. The van der Waals surface area contributed by atoms with Crippen molar-refractivity contribution in [3.8, 4) is 0 Å². The normalized spacial score (nSPS) is 15.3. The van der Waals surface area contributed by atoms with E-state index < -0.39 is 11.7 Å². The molecular formula is C23H28F3N3O2. The number of carbonyl (C=O) groups is 1. The molecule has 3 rings (SSSR count). The Morgan fingerprint density at radius 1 is 1.03 bits per heavy atom. The number of ether oxygens (including phenoxy) is 1. The summed E-state index contributed by atoms with van der Waals surface area (Å²) in [5.74, 6) is -0.229. The summed E-state index contributed by atoms with van der Waals surface area (Å²) in [5, 5.41) is 2.89. The van der Waals surface area contributed by atoms with Gasteiger partial charge in [-0.15, -0.1) is 0 Å². The van der Waals surface area contributed by atoms with E-state index in [1.165, 1.54) is 12.1 Å². The SMILES string of the molecule is CN(CC(=O)NCc1ccccc1CN1CCOCC1)Cc1ccccc1C(F)(F)F. The van der Waals surface area contributed by atoms with Gasteiger partial charge in [0, 0.05) is 32.7 Å². The lowest BCUT2D eigenvalue weighted by Gasteiger charge is -2.27. The number of hydrogen-bond acceptors (Lipinski definition) is 4. The van der Waals surface area contributed by atoms with Crippen molar-refractivity contribution in [3.05, 3.63) is 70.8 Å². The molecule has 1 aliphatic heterocycles. The van der Waals surface area contributed by atoms with E-state index in [-0.39, 0.29) is 24.6 Å². The first kappa shape index (κ1) is 23.2. The van der Waals surface area contributed by atoms with Gasteiger partial charge in [0.25, 0.3) is 0 Å². The predicted octanol–water partition coefficient (Wildman–Crippen LogP) is 3.29. The molecule has 1 heterocycles. The third-order valence-electron chi connectivity index (χ3n) is 5.27. The van der Waals surface area contributed by atoms with E-state index >= 15 is 0 Å². The van der Waals surface area contributed by atoms with Gasteiger partial charge in [-0.3, -0.25) is 14.6 Å². The highest BCUT2D eigenvalue weighted by Crippen LogP contribution is 2.32. The van der Waals surface area contributed by atoms with Crippen molar-refractivity contribution in [2.24, 2.45) is 0 Å². The van der Waals surface area contributed by atoms with E-state index in [9.17, 15) is 18.0 Å². The lowest BCUT2D eigenvalue weighted by atomic mass is 10.1. The molecule has 0 aromatic heterocycles. The molecule has 0 aliphatic carbocycles. The Kier molecular flexibility index (Phi) is 8.06. The van der Waals surface area contributed by atoms with Crippen LogP contribution in [0, 0.1) is 0 Å². The Bertz CT molecular complexity index is 867. The first-order valence-corrected chi connectivity index (χ1v) is 10.3. The van der Waals surface area contributed by atoms with Crippen LogP contribution in [0.1, 0.15) is 22.3 Å². The number of rotatable bonds is 8. The lowest BCUT2D eigenvalue weighted by Crippen LogP contribution is -2.37. The van der Waals surface area contributed by atoms with Gasteiger partial charge >= 0.3 is 6.18 Å². The van der Waals surface area contributed by atoms with Crippen molar-refractivity contribution >= 4 is 5.91 Å². The molecule has 0 saturated carbocycles. The summed E-state index contributed by atoms with van der Waals surface area (Å²) in [4.78, 5) is 16.3. The average molecular weight is 435 g/mol. The minimum atomic E-state index is -4.41. The molecule has 0 atom stereocenters.